The summed E-state index contributed by atoms with van der Waals surface area (Å²) in [6, 6.07) is 7.71. The summed E-state index contributed by atoms with van der Waals surface area (Å²) in [6.45, 7) is 7.19. The molecule has 0 saturated heterocycles. The molecule has 5 heteroatoms. The second-order valence-electron chi connectivity index (χ2n) is 5.67. The SMILES string of the molecule is Cc1cc(C)c2nc(Cl)c(C(=O)NC(C)(C)C#N)cc2c1. The highest BCUT2D eigenvalue weighted by atomic mass is 35.5. The van der Waals surface area contributed by atoms with Crippen LogP contribution in [-0.4, -0.2) is 16.4 Å². The molecule has 0 unspecified atom stereocenters. The summed E-state index contributed by atoms with van der Waals surface area (Å²) in [4.78, 5) is 16.6. The summed E-state index contributed by atoms with van der Waals surface area (Å²) in [5.74, 6) is -0.403. The molecule has 4 nitrogen and oxygen atoms in total. The van der Waals surface area contributed by atoms with E-state index in [1.54, 1.807) is 19.9 Å². The zero-order valence-electron chi connectivity index (χ0n) is 12.4. The van der Waals surface area contributed by atoms with Crippen LogP contribution in [0.1, 0.15) is 35.3 Å². The van der Waals surface area contributed by atoms with Gasteiger partial charge in [0.15, 0.2) is 0 Å². The smallest absolute Gasteiger partial charge is 0.255 e. The van der Waals surface area contributed by atoms with Crippen molar-refractivity contribution in [2.24, 2.45) is 0 Å². The molecule has 0 spiro atoms. The molecule has 0 aliphatic rings. The van der Waals surface area contributed by atoms with E-state index in [2.05, 4.69) is 10.3 Å². The number of nitrogens with one attached hydrogen (secondary N) is 1. The van der Waals surface area contributed by atoms with Crippen LogP contribution in [0.2, 0.25) is 5.15 Å². The first-order valence-electron chi connectivity index (χ1n) is 6.55. The summed E-state index contributed by atoms with van der Waals surface area (Å²) < 4.78 is 0. The van der Waals surface area contributed by atoms with Crippen LogP contribution in [0, 0.1) is 25.2 Å². The van der Waals surface area contributed by atoms with Crippen LogP contribution in [0.15, 0.2) is 18.2 Å². The van der Waals surface area contributed by atoms with Gasteiger partial charge in [0.25, 0.3) is 5.91 Å². The molecule has 0 aliphatic heterocycles. The van der Waals surface area contributed by atoms with Crippen LogP contribution in [0.5, 0.6) is 0 Å². The van der Waals surface area contributed by atoms with Crippen molar-refractivity contribution in [1.29, 1.82) is 5.26 Å². The molecule has 2 aromatic rings. The van der Waals surface area contributed by atoms with Crippen LogP contribution < -0.4 is 5.32 Å². The molecule has 2 rings (SSSR count). The fraction of sp³-hybridized carbons (Fsp3) is 0.312. The van der Waals surface area contributed by atoms with E-state index in [4.69, 9.17) is 16.9 Å². The quantitative estimate of drug-likeness (QED) is 0.863. The minimum absolute atomic E-state index is 0.140. The number of amides is 1. The molecule has 0 radical (unpaired) electrons. The van der Waals surface area contributed by atoms with Gasteiger partial charge in [-0.1, -0.05) is 23.2 Å². The molecule has 1 aromatic carbocycles. The third-order valence-corrected chi connectivity index (χ3v) is 3.44. The van der Waals surface area contributed by atoms with Gasteiger partial charge in [-0.15, -0.1) is 0 Å². The second-order valence-corrected chi connectivity index (χ2v) is 6.03. The lowest BCUT2D eigenvalue weighted by Gasteiger charge is -2.18. The van der Waals surface area contributed by atoms with Crippen LogP contribution in [0.4, 0.5) is 0 Å². The monoisotopic (exact) mass is 301 g/mol. The van der Waals surface area contributed by atoms with Crippen molar-refractivity contribution in [3.8, 4) is 6.07 Å². The van der Waals surface area contributed by atoms with Gasteiger partial charge in [-0.3, -0.25) is 4.79 Å². The average molecular weight is 302 g/mol. The number of aromatic nitrogens is 1. The van der Waals surface area contributed by atoms with E-state index in [-0.39, 0.29) is 10.7 Å². The lowest BCUT2D eigenvalue weighted by molar-refractivity contribution is 0.0929. The van der Waals surface area contributed by atoms with Crippen molar-refractivity contribution < 1.29 is 4.79 Å². The van der Waals surface area contributed by atoms with Gasteiger partial charge in [0.1, 0.15) is 10.7 Å². The molecular formula is C16H16ClN3O. The van der Waals surface area contributed by atoms with Crippen molar-refractivity contribution in [2.75, 3.05) is 0 Å². The maximum atomic E-state index is 12.3. The lowest BCUT2D eigenvalue weighted by Crippen LogP contribution is -2.42. The highest BCUT2D eigenvalue weighted by molar-refractivity contribution is 6.33. The van der Waals surface area contributed by atoms with Gasteiger partial charge in [0, 0.05) is 5.39 Å². The Labute approximate surface area is 128 Å². The van der Waals surface area contributed by atoms with E-state index in [1.807, 2.05) is 32.0 Å². The van der Waals surface area contributed by atoms with Crippen LogP contribution in [0.25, 0.3) is 10.9 Å². The number of benzene rings is 1. The molecule has 0 bridgehead atoms. The van der Waals surface area contributed by atoms with Crippen molar-refractivity contribution in [3.63, 3.8) is 0 Å². The predicted molar refractivity (Wildman–Crippen MR) is 83.4 cm³/mol. The highest BCUT2D eigenvalue weighted by Crippen LogP contribution is 2.24. The highest BCUT2D eigenvalue weighted by Gasteiger charge is 2.22. The van der Waals surface area contributed by atoms with Crippen molar-refractivity contribution >= 4 is 28.4 Å². The molecule has 1 N–H and O–H groups in total. The fourth-order valence-corrected chi connectivity index (χ4v) is 2.39. The van der Waals surface area contributed by atoms with Crippen molar-refractivity contribution in [3.05, 3.63) is 40.0 Å². The number of hydrogen-bond acceptors (Lipinski definition) is 3. The van der Waals surface area contributed by atoms with E-state index in [1.165, 1.54) is 0 Å². The molecule has 1 amide bonds. The Morgan fingerprint density at radius 3 is 2.62 bits per heavy atom. The summed E-state index contributed by atoms with van der Waals surface area (Å²) >= 11 is 6.13. The Hall–Kier alpha value is -2.12. The summed E-state index contributed by atoms with van der Waals surface area (Å²) in [7, 11) is 0. The van der Waals surface area contributed by atoms with E-state index in [9.17, 15) is 4.79 Å². The molecule has 108 valence electrons. The van der Waals surface area contributed by atoms with Crippen LogP contribution >= 0.6 is 11.6 Å². The van der Waals surface area contributed by atoms with Crippen LogP contribution in [-0.2, 0) is 0 Å². The Morgan fingerprint density at radius 1 is 1.33 bits per heavy atom. The molecule has 1 heterocycles. The third kappa shape index (κ3) is 3.14. The maximum absolute atomic E-state index is 12.3. The summed E-state index contributed by atoms with van der Waals surface area (Å²) in [6.07, 6.45) is 0. The molecule has 0 fully saturated rings. The number of nitrogens with zero attached hydrogens (tertiary/aromatic N) is 2. The van der Waals surface area contributed by atoms with Gasteiger partial charge in [-0.25, -0.2) is 4.98 Å². The minimum Gasteiger partial charge on any atom is -0.334 e. The average Bonchev–Trinajstić information content (AvgIpc) is 2.38. The topological polar surface area (TPSA) is 65.8 Å². The number of rotatable bonds is 2. The maximum Gasteiger partial charge on any atom is 0.255 e. The zero-order valence-corrected chi connectivity index (χ0v) is 13.2. The van der Waals surface area contributed by atoms with E-state index < -0.39 is 11.4 Å². The standard InChI is InChI=1S/C16H16ClN3O/c1-9-5-10(2)13-11(6-9)7-12(14(17)19-13)15(21)20-16(3,4)8-18/h5-7H,1-4H3,(H,20,21). The first-order valence-corrected chi connectivity index (χ1v) is 6.92. The largest absolute Gasteiger partial charge is 0.334 e. The Balaban J connectivity index is 2.53. The number of pyridine rings is 1. The number of carbonyl (C=O) groups excluding carboxylic acids is 1. The first kappa shape index (κ1) is 15.3. The van der Waals surface area contributed by atoms with Gasteiger partial charge in [-0.05, 0) is 45.4 Å². The second kappa shape index (κ2) is 5.34. The number of carbonyl (C=O) groups is 1. The van der Waals surface area contributed by atoms with Gasteiger partial charge < -0.3 is 5.32 Å². The molecular weight excluding hydrogens is 286 g/mol. The fourth-order valence-electron chi connectivity index (χ4n) is 2.17. The van der Waals surface area contributed by atoms with Crippen molar-refractivity contribution in [1.82, 2.24) is 10.3 Å². The van der Waals surface area contributed by atoms with Gasteiger partial charge in [0.2, 0.25) is 0 Å². The van der Waals surface area contributed by atoms with Gasteiger partial charge >= 0.3 is 0 Å². The Kier molecular flexibility index (Phi) is 3.89. The number of aryl methyl sites for hydroxylation is 2. The molecule has 0 saturated carbocycles. The number of nitriles is 1. The van der Waals surface area contributed by atoms with E-state index in [0.717, 1.165) is 22.0 Å². The predicted octanol–water partition coefficient (Wildman–Crippen LogP) is 3.54. The summed E-state index contributed by atoms with van der Waals surface area (Å²) in [5, 5.41) is 12.6. The Bertz CT molecular complexity index is 775. The molecule has 1 aromatic heterocycles. The number of hydrogen-bond donors (Lipinski definition) is 1. The lowest BCUT2D eigenvalue weighted by atomic mass is 10.0. The summed E-state index contributed by atoms with van der Waals surface area (Å²) in [5.41, 5.74) is 2.20. The zero-order chi connectivity index (χ0) is 15.8. The normalized spacial score (nSPS) is 11.2. The third-order valence-electron chi connectivity index (χ3n) is 3.16. The van der Waals surface area contributed by atoms with Crippen LogP contribution in [0.3, 0.4) is 0 Å². The Morgan fingerprint density at radius 2 is 2.00 bits per heavy atom. The molecule has 0 atom stereocenters. The first-order chi connectivity index (χ1) is 9.73. The van der Waals surface area contributed by atoms with E-state index >= 15 is 0 Å². The molecule has 0 aliphatic carbocycles. The van der Waals surface area contributed by atoms with Gasteiger partial charge in [0.05, 0.1) is 17.1 Å². The van der Waals surface area contributed by atoms with Crippen molar-refractivity contribution in [2.45, 2.75) is 33.2 Å². The number of fused-ring (bicyclic) bond motifs is 1. The van der Waals surface area contributed by atoms with E-state index in [0.29, 0.717) is 0 Å². The van der Waals surface area contributed by atoms with Gasteiger partial charge in [-0.2, -0.15) is 5.26 Å². The molecule has 21 heavy (non-hydrogen) atoms. The minimum atomic E-state index is -0.960. The number of halogens is 1.